The van der Waals surface area contributed by atoms with Gasteiger partial charge >= 0.3 is 0 Å². The molecule has 104 valence electrons. The molecule has 1 saturated heterocycles. The number of ether oxygens (including phenoxy) is 1. The van der Waals surface area contributed by atoms with Gasteiger partial charge in [-0.15, -0.1) is 0 Å². The van der Waals surface area contributed by atoms with Crippen LogP contribution in [0, 0.1) is 19.3 Å². The van der Waals surface area contributed by atoms with Crippen molar-refractivity contribution in [3.63, 3.8) is 0 Å². The number of nitrogens with two attached hydrogens (primary N) is 1. The van der Waals surface area contributed by atoms with Crippen LogP contribution in [0.1, 0.15) is 18.1 Å². The first-order valence-electron chi connectivity index (χ1n) is 6.26. The highest BCUT2D eigenvalue weighted by atomic mass is 79.9. The van der Waals surface area contributed by atoms with Gasteiger partial charge in [-0.2, -0.15) is 0 Å². The number of rotatable bonds is 2. The number of carbonyl (C=O) groups excluding carboxylic acids is 1. The second-order valence-corrected chi connectivity index (χ2v) is 6.29. The van der Waals surface area contributed by atoms with E-state index >= 15 is 0 Å². The minimum absolute atomic E-state index is 0.0925. The van der Waals surface area contributed by atoms with Crippen LogP contribution < -0.4 is 11.1 Å². The van der Waals surface area contributed by atoms with Crippen LogP contribution >= 0.6 is 15.9 Å². The molecule has 1 aliphatic heterocycles. The highest BCUT2D eigenvalue weighted by Crippen LogP contribution is 2.32. The number of anilines is 1. The first-order chi connectivity index (χ1) is 8.84. The van der Waals surface area contributed by atoms with Gasteiger partial charge in [0.15, 0.2) is 0 Å². The van der Waals surface area contributed by atoms with E-state index in [4.69, 9.17) is 10.5 Å². The van der Waals surface area contributed by atoms with Gasteiger partial charge < -0.3 is 15.8 Å². The van der Waals surface area contributed by atoms with Crippen molar-refractivity contribution in [3.8, 4) is 0 Å². The molecule has 2 rings (SSSR count). The van der Waals surface area contributed by atoms with Crippen molar-refractivity contribution in [1.29, 1.82) is 0 Å². The fourth-order valence-electron chi connectivity index (χ4n) is 2.25. The molecule has 0 radical (unpaired) electrons. The highest BCUT2D eigenvalue weighted by Gasteiger charge is 2.44. The van der Waals surface area contributed by atoms with Gasteiger partial charge in [0.25, 0.3) is 0 Å². The quantitative estimate of drug-likeness (QED) is 0.876. The molecule has 1 aliphatic rings. The molecule has 19 heavy (non-hydrogen) atoms. The standard InChI is InChI=1S/C14H19BrN2O2/c1-8-4-9(2)12(10(15)5-8)17-13(18)14(3)7-19-6-11(14)16/h4-5,11H,6-7,16H2,1-3H3,(H,17,18). The van der Waals surface area contributed by atoms with E-state index in [1.165, 1.54) is 0 Å². The minimum Gasteiger partial charge on any atom is -0.379 e. The second-order valence-electron chi connectivity index (χ2n) is 5.43. The number of halogens is 1. The SMILES string of the molecule is Cc1cc(C)c(NC(=O)C2(C)COCC2N)c(Br)c1. The zero-order chi connectivity index (χ0) is 14.2. The molecule has 2 unspecified atom stereocenters. The maximum absolute atomic E-state index is 12.4. The Kier molecular flexibility index (Phi) is 3.99. The summed E-state index contributed by atoms with van der Waals surface area (Å²) < 4.78 is 6.20. The summed E-state index contributed by atoms with van der Waals surface area (Å²) in [4.78, 5) is 12.4. The van der Waals surface area contributed by atoms with E-state index in [2.05, 4.69) is 21.2 Å². The van der Waals surface area contributed by atoms with Crippen molar-refractivity contribution in [2.45, 2.75) is 26.8 Å². The molecule has 0 aromatic heterocycles. The molecule has 0 saturated carbocycles. The van der Waals surface area contributed by atoms with E-state index < -0.39 is 5.41 Å². The number of amides is 1. The Morgan fingerprint density at radius 3 is 2.74 bits per heavy atom. The van der Waals surface area contributed by atoms with Gasteiger partial charge in [-0.1, -0.05) is 6.07 Å². The first kappa shape index (κ1) is 14.5. The number of benzene rings is 1. The van der Waals surface area contributed by atoms with Crippen LogP contribution in [0.5, 0.6) is 0 Å². The predicted molar refractivity (Wildman–Crippen MR) is 79.1 cm³/mol. The van der Waals surface area contributed by atoms with Crippen molar-refractivity contribution in [2.75, 3.05) is 18.5 Å². The normalized spacial score (nSPS) is 26.5. The van der Waals surface area contributed by atoms with Crippen LogP contribution in [-0.4, -0.2) is 25.2 Å². The van der Waals surface area contributed by atoms with Crippen LogP contribution in [0.3, 0.4) is 0 Å². The molecule has 1 heterocycles. The largest absolute Gasteiger partial charge is 0.379 e. The lowest BCUT2D eigenvalue weighted by Gasteiger charge is -2.26. The van der Waals surface area contributed by atoms with Gasteiger partial charge in [-0.05, 0) is 53.9 Å². The maximum Gasteiger partial charge on any atom is 0.234 e. The van der Waals surface area contributed by atoms with E-state index in [0.29, 0.717) is 13.2 Å². The summed E-state index contributed by atoms with van der Waals surface area (Å²) in [5, 5.41) is 2.97. The van der Waals surface area contributed by atoms with Gasteiger partial charge in [-0.3, -0.25) is 4.79 Å². The summed E-state index contributed by atoms with van der Waals surface area (Å²) in [6, 6.07) is 3.75. The molecule has 0 aliphatic carbocycles. The first-order valence-corrected chi connectivity index (χ1v) is 7.05. The zero-order valence-electron chi connectivity index (χ0n) is 11.4. The average molecular weight is 327 g/mol. The molecule has 2 atom stereocenters. The van der Waals surface area contributed by atoms with E-state index in [1.54, 1.807) is 0 Å². The van der Waals surface area contributed by atoms with Gasteiger partial charge in [0.05, 0.1) is 24.3 Å². The minimum atomic E-state index is -0.670. The molecule has 0 bridgehead atoms. The summed E-state index contributed by atoms with van der Waals surface area (Å²) in [5.41, 5.74) is 8.27. The Bertz CT molecular complexity index is 495. The lowest BCUT2D eigenvalue weighted by atomic mass is 9.84. The third kappa shape index (κ3) is 2.68. The van der Waals surface area contributed by atoms with Crippen molar-refractivity contribution in [2.24, 2.45) is 11.1 Å². The Labute approximate surface area is 121 Å². The van der Waals surface area contributed by atoms with Crippen LogP contribution in [0.25, 0.3) is 0 Å². The van der Waals surface area contributed by atoms with Crippen molar-refractivity contribution in [3.05, 3.63) is 27.7 Å². The lowest BCUT2D eigenvalue weighted by Crippen LogP contribution is -2.47. The van der Waals surface area contributed by atoms with E-state index in [1.807, 2.05) is 32.9 Å². The summed E-state index contributed by atoms with van der Waals surface area (Å²) in [6.07, 6.45) is 0. The molecule has 0 spiro atoms. The van der Waals surface area contributed by atoms with Crippen molar-refractivity contribution >= 4 is 27.5 Å². The van der Waals surface area contributed by atoms with Crippen LogP contribution in [-0.2, 0) is 9.53 Å². The topological polar surface area (TPSA) is 64.3 Å². The molecule has 4 nitrogen and oxygen atoms in total. The molecule has 1 fully saturated rings. The van der Waals surface area contributed by atoms with Gasteiger partial charge in [0.1, 0.15) is 0 Å². The number of nitrogens with one attached hydrogen (secondary N) is 1. The molecule has 1 aromatic rings. The Morgan fingerprint density at radius 1 is 1.53 bits per heavy atom. The summed E-state index contributed by atoms with van der Waals surface area (Å²) in [5.74, 6) is -0.0925. The fourth-order valence-corrected chi connectivity index (χ4v) is 3.03. The van der Waals surface area contributed by atoms with Crippen LogP contribution in [0.2, 0.25) is 0 Å². The Hall–Kier alpha value is -0.910. The predicted octanol–water partition coefficient (Wildman–Crippen LogP) is 2.37. The highest BCUT2D eigenvalue weighted by molar-refractivity contribution is 9.10. The lowest BCUT2D eigenvalue weighted by molar-refractivity contribution is -0.125. The molecule has 5 heteroatoms. The van der Waals surface area contributed by atoms with Gasteiger partial charge in [-0.25, -0.2) is 0 Å². The van der Waals surface area contributed by atoms with Crippen LogP contribution in [0.4, 0.5) is 5.69 Å². The summed E-state index contributed by atoms with van der Waals surface area (Å²) in [6.45, 7) is 6.63. The summed E-state index contributed by atoms with van der Waals surface area (Å²) >= 11 is 3.49. The third-order valence-electron chi connectivity index (χ3n) is 3.71. The molecular formula is C14H19BrN2O2. The van der Waals surface area contributed by atoms with Crippen LogP contribution in [0.15, 0.2) is 16.6 Å². The number of aryl methyl sites for hydroxylation is 2. The molecule has 1 amide bonds. The average Bonchev–Trinajstić information content (AvgIpc) is 2.65. The Morgan fingerprint density at radius 2 is 2.21 bits per heavy atom. The molecule has 1 aromatic carbocycles. The van der Waals surface area contributed by atoms with Gasteiger partial charge in [0.2, 0.25) is 5.91 Å². The van der Waals surface area contributed by atoms with Gasteiger partial charge in [0, 0.05) is 10.5 Å². The van der Waals surface area contributed by atoms with E-state index in [9.17, 15) is 4.79 Å². The smallest absolute Gasteiger partial charge is 0.234 e. The molecular weight excluding hydrogens is 308 g/mol. The number of carbonyl (C=O) groups is 1. The Balaban J connectivity index is 2.25. The fraction of sp³-hybridized carbons (Fsp3) is 0.500. The van der Waals surface area contributed by atoms with E-state index in [-0.39, 0.29) is 11.9 Å². The maximum atomic E-state index is 12.4. The third-order valence-corrected chi connectivity index (χ3v) is 4.33. The molecule has 3 N–H and O–H groups in total. The summed E-state index contributed by atoms with van der Waals surface area (Å²) in [7, 11) is 0. The van der Waals surface area contributed by atoms with E-state index in [0.717, 1.165) is 21.3 Å². The monoisotopic (exact) mass is 326 g/mol. The number of hydrogen-bond acceptors (Lipinski definition) is 3. The zero-order valence-corrected chi connectivity index (χ0v) is 13.0. The van der Waals surface area contributed by atoms with Crippen molar-refractivity contribution < 1.29 is 9.53 Å². The second kappa shape index (κ2) is 5.23. The number of hydrogen-bond donors (Lipinski definition) is 2. The van der Waals surface area contributed by atoms with Crippen molar-refractivity contribution in [1.82, 2.24) is 0 Å².